The van der Waals surface area contributed by atoms with Gasteiger partial charge in [0.05, 0.1) is 10.6 Å². The van der Waals surface area contributed by atoms with Crippen LogP contribution in [0.2, 0.25) is 0 Å². The molecule has 27 heavy (non-hydrogen) atoms. The van der Waals surface area contributed by atoms with Gasteiger partial charge in [0.2, 0.25) is 20.0 Å². The number of benzene rings is 1. The van der Waals surface area contributed by atoms with Gasteiger partial charge in [0, 0.05) is 18.4 Å². The molecule has 2 bridgehead atoms. The van der Waals surface area contributed by atoms with Crippen molar-refractivity contribution in [3.63, 3.8) is 0 Å². The van der Waals surface area contributed by atoms with Crippen LogP contribution < -0.4 is 9.86 Å². The Morgan fingerprint density at radius 1 is 1.15 bits per heavy atom. The average Bonchev–Trinajstić information content (AvgIpc) is 2.88. The number of carbonyl (C=O) groups excluding carboxylic acids is 1. The molecule has 9 heteroatoms. The number of Topliss-reactive ketones (excluding diaryl/α,β-unsaturated/α-hetero) is 1. The second-order valence-corrected chi connectivity index (χ2v) is 11.6. The van der Waals surface area contributed by atoms with Crippen molar-refractivity contribution >= 4 is 25.8 Å². The topological polar surface area (TPSA) is 123 Å². The minimum atomic E-state index is -3.74. The Hall–Kier alpha value is -1.29. The van der Waals surface area contributed by atoms with Gasteiger partial charge in [-0.1, -0.05) is 26.0 Å². The minimum Gasteiger partial charge on any atom is -0.299 e. The van der Waals surface area contributed by atoms with Gasteiger partial charge in [0.25, 0.3) is 0 Å². The molecule has 2 atom stereocenters. The lowest BCUT2D eigenvalue weighted by molar-refractivity contribution is -0.128. The standard InChI is InChI=1S/C18H26N2O5S2/c1-17(2)14-7-9-18(17,16(21)11-14)12-26(22,23)20-10-8-13-3-5-15(6-4-13)27(19,24)25/h3-6,14,20H,7-12H2,1-2H3,(H2,19,24,25)/t14-,18-/m1/s1. The number of rotatable bonds is 7. The molecule has 3 rings (SSSR count). The van der Waals surface area contributed by atoms with Crippen LogP contribution >= 0.6 is 0 Å². The molecule has 3 N–H and O–H groups in total. The summed E-state index contributed by atoms with van der Waals surface area (Å²) in [6.45, 7) is 4.21. The maximum atomic E-state index is 12.6. The van der Waals surface area contributed by atoms with E-state index in [1.54, 1.807) is 12.1 Å². The van der Waals surface area contributed by atoms with Crippen LogP contribution in [0.3, 0.4) is 0 Å². The van der Waals surface area contributed by atoms with Gasteiger partial charge in [0.1, 0.15) is 5.78 Å². The Labute approximate surface area is 160 Å². The molecule has 0 spiro atoms. The molecule has 2 saturated carbocycles. The lowest BCUT2D eigenvalue weighted by Crippen LogP contribution is -2.45. The van der Waals surface area contributed by atoms with E-state index in [9.17, 15) is 21.6 Å². The highest BCUT2D eigenvalue weighted by Crippen LogP contribution is 2.64. The molecule has 0 radical (unpaired) electrons. The van der Waals surface area contributed by atoms with Gasteiger partial charge in [0.15, 0.2) is 0 Å². The van der Waals surface area contributed by atoms with Crippen molar-refractivity contribution in [3.05, 3.63) is 29.8 Å². The number of primary sulfonamides is 1. The molecule has 0 unspecified atom stereocenters. The summed E-state index contributed by atoms with van der Waals surface area (Å²) in [5, 5.41) is 5.06. The third kappa shape index (κ3) is 3.70. The van der Waals surface area contributed by atoms with Gasteiger partial charge in [-0.25, -0.2) is 26.7 Å². The van der Waals surface area contributed by atoms with E-state index in [-0.39, 0.29) is 34.3 Å². The third-order valence-corrected chi connectivity index (χ3v) is 9.01. The van der Waals surface area contributed by atoms with E-state index in [0.717, 1.165) is 12.0 Å². The van der Waals surface area contributed by atoms with Crippen molar-refractivity contribution in [1.82, 2.24) is 4.72 Å². The normalized spacial score (nSPS) is 27.2. The molecule has 0 saturated heterocycles. The quantitative estimate of drug-likeness (QED) is 0.694. The van der Waals surface area contributed by atoms with Crippen molar-refractivity contribution in [1.29, 1.82) is 0 Å². The largest absolute Gasteiger partial charge is 0.299 e. The maximum Gasteiger partial charge on any atom is 0.238 e. The molecule has 2 aliphatic rings. The first kappa shape index (κ1) is 20.4. The highest BCUT2D eigenvalue weighted by Gasteiger charge is 2.65. The van der Waals surface area contributed by atoms with E-state index in [1.165, 1.54) is 12.1 Å². The van der Waals surface area contributed by atoms with E-state index in [1.807, 2.05) is 13.8 Å². The molecular formula is C18H26N2O5S2. The Morgan fingerprint density at radius 2 is 1.78 bits per heavy atom. The van der Waals surface area contributed by atoms with E-state index in [0.29, 0.717) is 19.3 Å². The number of ketones is 1. The molecule has 0 amide bonds. The van der Waals surface area contributed by atoms with Gasteiger partial charge in [-0.15, -0.1) is 0 Å². The highest BCUT2D eigenvalue weighted by molar-refractivity contribution is 7.89. The first-order valence-corrected chi connectivity index (χ1v) is 12.2. The summed E-state index contributed by atoms with van der Waals surface area (Å²) >= 11 is 0. The number of carbonyl (C=O) groups is 1. The maximum absolute atomic E-state index is 12.6. The van der Waals surface area contributed by atoms with E-state index >= 15 is 0 Å². The van der Waals surface area contributed by atoms with Gasteiger partial charge in [-0.3, -0.25) is 4.79 Å². The number of nitrogens with two attached hydrogens (primary N) is 1. The Morgan fingerprint density at radius 3 is 2.26 bits per heavy atom. The van der Waals surface area contributed by atoms with Gasteiger partial charge < -0.3 is 0 Å². The summed E-state index contributed by atoms with van der Waals surface area (Å²) in [7, 11) is -7.34. The molecule has 7 nitrogen and oxygen atoms in total. The molecule has 0 heterocycles. The number of fused-ring (bicyclic) bond motifs is 2. The zero-order chi connectivity index (χ0) is 20.1. The fraction of sp³-hybridized carbons (Fsp3) is 0.611. The van der Waals surface area contributed by atoms with E-state index in [2.05, 4.69) is 4.72 Å². The Kier molecular flexibility index (Phi) is 5.03. The summed E-state index contributed by atoms with van der Waals surface area (Å²) < 4.78 is 50.3. The van der Waals surface area contributed by atoms with Crippen molar-refractivity contribution < 1.29 is 21.6 Å². The van der Waals surface area contributed by atoms with Crippen LogP contribution in [-0.2, 0) is 31.3 Å². The minimum absolute atomic E-state index is 0.0173. The number of hydrogen-bond acceptors (Lipinski definition) is 5. The van der Waals surface area contributed by atoms with E-state index in [4.69, 9.17) is 5.14 Å². The summed E-state index contributed by atoms with van der Waals surface area (Å²) in [5.41, 5.74) is -0.273. The van der Waals surface area contributed by atoms with Crippen LogP contribution in [0.15, 0.2) is 29.2 Å². The van der Waals surface area contributed by atoms with Gasteiger partial charge in [-0.05, 0) is 48.3 Å². The number of nitrogens with one attached hydrogen (secondary N) is 1. The predicted molar refractivity (Wildman–Crippen MR) is 102 cm³/mol. The fourth-order valence-electron chi connectivity index (χ4n) is 4.68. The highest BCUT2D eigenvalue weighted by atomic mass is 32.2. The predicted octanol–water partition coefficient (Wildman–Crippen LogP) is 1.19. The summed E-state index contributed by atoms with van der Waals surface area (Å²) in [6, 6.07) is 6.02. The lowest BCUT2D eigenvalue weighted by Gasteiger charge is -2.36. The average molecular weight is 415 g/mol. The second-order valence-electron chi connectivity index (χ2n) is 8.26. The first-order valence-electron chi connectivity index (χ1n) is 9.00. The van der Waals surface area contributed by atoms with Crippen LogP contribution in [0, 0.1) is 16.7 Å². The molecule has 150 valence electrons. The molecule has 1 aromatic carbocycles. The Bertz CT molecular complexity index is 952. The fourth-order valence-corrected chi connectivity index (χ4v) is 7.04. The smallest absolute Gasteiger partial charge is 0.238 e. The molecular weight excluding hydrogens is 388 g/mol. The van der Waals surface area contributed by atoms with Gasteiger partial charge >= 0.3 is 0 Å². The monoisotopic (exact) mass is 414 g/mol. The SMILES string of the molecule is CC1(C)[C@@H]2CC[C@@]1(CS(=O)(=O)NCCc1ccc(S(N)(=O)=O)cc1)C(=O)C2. The Balaban J connectivity index is 1.62. The van der Waals surface area contributed by atoms with Crippen LogP contribution in [0.4, 0.5) is 0 Å². The molecule has 1 aromatic rings. The first-order chi connectivity index (χ1) is 12.4. The van der Waals surface area contributed by atoms with Crippen molar-refractivity contribution in [2.75, 3.05) is 12.3 Å². The van der Waals surface area contributed by atoms with Crippen molar-refractivity contribution in [3.8, 4) is 0 Å². The summed E-state index contributed by atoms with van der Waals surface area (Å²) in [6.07, 6.45) is 2.44. The zero-order valence-electron chi connectivity index (χ0n) is 15.6. The molecule has 2 fully saturated rings. The van der Waals surface area contributed by atoms with Crippen LogP contribution in [0.5, 0.6) is 0 Å². The molecule has 0 aliphatic heterocycles. The molecule has 2 aliphatic carbocycles. The third-order valence-electron chi connectivity index (χ3n) is 6.56. The van der Waals surface area contributed by atoms with Crippen molar-refractivity contribution in [2.45, 2.75) is 44.4 Å². The second kappa shape index (κ2) is 6.65. The van der Waals surface area contributed by atoms with Crippen LogP contribution in [0.25, 0.3) is 0 Å². The summed E-state index contributed by atoms with van der Waals surface area (Å²) in [4.78, 5) is 12.5. The lowest BCUT2D eigenvalue weighted by atomic mass is 9.70. The molecule has 0 aromatic heterocycles. The zero-order valence-corrected chi connectivity index (χ0v) is 17.2. The summed E-state index contributed by atoms with van der Waals surface area (Å²) in [5.74, 6) is 0.192. The van der Waals surface area contributed by atoms with Crippen molar-refractivity contribution in [2.24, 2.45) is 21.9 Å². The number of hydrogen-bond donors (Lipinski definition) is 2. The van der Waals surface area contributed by atoms with Gasteiger partial charge in [-0.2, -0.15) is 0 Å². The van der Waals surface area contributed by atoms with Crippen LogP contribution in [0.1, 0.15) is 38.7 Å². The number of sulfonamides is 2. The van der Waals surface area contributed by atoms with Crippen LogP contribution in [-0.4, -0.2) is 34.9 Å². The van der Waals surface area contributed by atoms with E-state index < -0.39 is 25.5 Å².